The summed E-state index contributed by atoms with van der Waals surface area (Å²) in [6.07, 6.45) is 2.95. The SMILES string of the molecule is CC1CC1c1ccc(CN(C(=O)CN(C)S(=O)(=O)c2ccc(F)cc2)C2CC2)o1. The maximum absolute atomic E-state index is 13.1. The Balaban J connectivity index is 1.43. The summed E-state index contributed by atoms with van der Waals surface area (Å²) in [5, 5.41) is 0. The van der Waals surface area contributed by atoms with E-state index >= 15 is 0 Å². The normalized spacial score (nSPS) is 21.4. The first-order valence-corrected chi connectivity index (χ1v) is 11.3. The van der Waals surface area contributed by atoms with Crippen molar-refractivity contribution in [1.29, 1.82) is 0 Å². The maximum Gasteiger partial charge on any atom is 0.243 e. The topological polar surface area (TPSA) is 70.8 Å². The molecule has 0 aliphatic heterocycles. The standard InChI is InChI=1S/C21H25FN2O4S/c1-14-11-19(14)20-10-7-17(28-20)12-24(16-5-6-16)21(25)13-23(2)29(26,27)18-8-3-15(22)4-9-18/h3-4,7-10,14,16,19H,5-6,11-13H2,1-2H3. The number of nitrogens with zero attached hydrogens (tertiary/aromatic N) is 2. The van der Waals surface area contributed by atoms with Crippen LogP contribution in [0.5, 0.6) is 0 Å². The molecule has 0 radical (unpaired) electrons. The lowest BCUT2D eigenvalue weighted by molar-refractivity contribution is -0.132. The molecule has 1 heterocycles. The highest BCUT2D eigenvalue weighted by molar-refractivity contribution is 7.89. The van der Waals surface area contributed by atoms with Crippen LogP contribution in [0, 0.1) is 11.7 Å². The van der Waals surface area contributed by atoms with E-state index < -0.39 is 15.8 Å². The molecule has 6 nitrogen and oxygen atoms in total. The molecule has 8 heteroatoms. The molecule has 2 saturated carbocycles. The second-order valence-corrected chi connectivity index (χ2v) is 10.1. The van der Waals surface area contributed by atoms with Gasteiger partial charge in [-0.2, -0.15) is 4.31 Å². The zero-order valence-corrected chi connectivity index (χ0v) is 17.4. The average molecular weight is 421 g/mol. The van der Waals surface area contributed by atoms with Gasteiger partial charge in [-0.05, 0) is 61.6 Å². The molecular weight excluding hydrogens is 395 g/mol. The largest absolute Gasteiger partial charge is 0.464 e. The first-order valence-electron chi connectivity index (χ1n) is 9.85. The third-order valence-corrected chi connectivity index (χ3v) is 7.49. The van der Waals surface area contributed by atoms with Crippen LogP contribution in [0.2, 0.25) is 0 Å². The Hall–Kier alpha value is -2.19. The Labute approximate surface area is 170 Å². The number of rotatable bonds is 8. The van der Waals surface area contributed by atoms with Crippen LogP contribution < -0.4 is 0 Å². The Kier molecular flexibility index (Phi) is 5.25. The summed E-state index contributed by atoms with van der Waals surface area (Å²) in [4.78, 5) is 14.6. The fourth-order valence-corrected chi connectivity index (χ4v) is 4.65. The zero-order chi connectivity index (χ0) is 20.8. The van der Waals surface area contributed by atoms with Gasteiger partial charge in [-0.3, -0.25) is 4.79 Å². The molecule has 156 valence electrons. The minimum atomic E-state index is -3.87. The molecule has 2 atom stereocenters. The van der Waals surface area contributed by atoms with Gasteiger partial charge in [-0.1, -0.05) is 6.92 Å². The predicted molar refractivity (Wildman–Crippen MR) is 105 cm³/mol. The summed E-state index contributed by atoms with van der Waals surface area (Å²) < 4.78 is 45.4. The quantitative estimate of drug-likeness (QED) is 0.657. The number of halogens is 1. The molecule has 0 bridgehead atoms. The van der Waals surface area contributed by atoms with Crippen LogP contribution in [-0.2, 0) is 21.4 Å². The van der Waals surface area contributed by atoms with E-state index in [0.717, 1.165) is 47.2 Å². The van der Waals surface area contributed by atoms with Crippen LogP contribution in [0.1, 0.15) is 43.6 Å². The summed E-state index contributed by atoms with van der Waals surface area (Å²) >= 11 is 0. The number of amides is 1. The van der Waals surface area contributed by atoms with E-state index in [4.69, 9.17) is 4.42 Å². The second-order valence-electron chi connectivity index (χ2n) is 8.09. The first-order chi connectivity index (χ1) is 13.8. The number of benzene rings is 1. The van der Waals surface area contributed by atoms with Crippen molar-refractivity contribution in [2.75, 3.05) is 13.6 Å². The number of hydrogen-bond donors (Lipinski definition) is 0. The van der Waals surface area contributed by atoms with Gasteiger partial charge in [0.25, 0.3) is 0 Å². The van der Waals surface area contributed by atoms with Crippen LogP contribution in [0.4, 0.5) is 4.39 Å². The molecule has 0 saturated heterocycles. The van der Waals surface area contributed by atoms with Crippen molar-refractivity contribution in [2.45, 2.75) is 49.6 Å². The summed E-state index contributed by atoms with van der Waals surface area (Å²) in [6.45, 7) is 2.25. The van der Waals surface area contributed by atoms with E-state index in [1.54, 1.807) is 4.90 Å². The zero-order valence-electron chi connectivity index (χ0n) is 16.5. The fourth-order valence-electron chi connectivity index (χ4n) is 3.53. The van der Waals surface area contributed by atoms with Gasteiger partial charge in [0.2, 0.25) is 15.9 Å². The molecule has 0 N–H and O–H groups in total. The highest BCUT2D eigenvalue weighted by atomic mass is 32.2. The molecule has 2 aliphatic rings. The smallest absolute Gasteiger partial charge is 0.243 e. The third kappa shape index (κ3) is 4.38. The van der Waals surface area contributed by atoms with Crippen LogP contribution in [0.3, 0.4) is 0 Å². The molecule has 4 rings (SSSR count). The van der Waals surface area contributed by atoms with E-state index in [2.05, 4.69) is 6.92 Å². The van der Waals surface area contributed by atoms with Gasteiger partial charge in [0.15, 0.2) is 0 Å². The Morgan fingerprint density at radius 3 is 2.41 bits per heavy atom. The lowest BCUT2D eigenvalue weighted by atomic mass is 10.3. The van der Waals surface area contributed by atoms with Gasteiger partial charge in [0.1, 0.15) is 17.3 Å². The highest BCUT2D eigenvalue weighted by Crippen LogP contribution is 2.47. The van der Waals surface area contributed by atoms with Gasteiger partial charge in [0.05, 0.1) is 18.0 Å². The summed E-state index contributed by atoms with van der Waals surface area (Å²) in [5.41, 5.74) is 0. The molecule has 2 unspecified atom stereocenters. The van der Waals surface area contributed by atoms with Crippen LogP contribution in [0.15, 0.2) is 45.7 Å². The van der Waals surface area contributed by atoms with Crippen LogP contribution in [-0.4, -0.2) is 43.2 Å². The van der Waals surface area contributed by atoms with E-state index in [0.29, 0.717) is 18.4 Å². The van der Waals surface area contributed by atoms with Crippen LogP contribution in [0.25, 0.3) is 0 Å². The van der Waals surface area contributed by atoms with Crippen molar-refractivity contribution in [1.82, 2.24) is 9.21 Å². The molecular formula is C21H25FN2O4S. The van der Waals surface area contributed by atoms with Gasteiger partial charge >= 0.3 is 0 Å². The molecule has 2 aliphatic carbocycles. The average Bonchev–Trinajstić information content (AvgIpc) is 3.60. The van der Waals surface area contributed by atoms with E-state index in [1.165, 1.54) is 19.2 Å². The van der Waals surface area contributed by atoms with E-state index in [1.807, 2.05) is 12.1 Å². The fraction of sp³-hybridized carbons (Fsp3) is 0.476. The number of furan rings is 1. The number of likely N-dealkylation sites (N-methyl/N-ethyl adjacent to an activating group) is 1. The lowest BCUT2D eigenvalue weighted by Gasteiger charge is -2.24. The van der Waals surface area contributed by atoms with E-state index in [-0.39, 0.29) is 23.4 Å². The maximum atomic E-state index is 13.1. The molecule has 2 fully saturated rings. The van der Waals surface area contributed by atoms with Crippen molar-refractivity contribution in [3.05, 3.63) is 53.7 Å². The van der Waals surface area contributed by atoms with Crippen molar-refractivity contribution in [2.24, 2.45) is 5.92 Å². The van der Waals surface area contributed by atoms with Gasteiger partial charge < -0.3 is 9.32 Å². The molecule has 1 aromatic carbocycles. The van der Waals surface area contributed by atoms with Crippen molar-refractivity contribution in [3.63, 3.8) is 0 Å². The Morgan fingerprint density at radius 1 is 1.17 bits per heavy atom. The molecule has 29 heavy (non-hydrogen) atoms. The number of hydrogen-bond acceptors (Lipinski definition) is 4. The summed E-state index contributed by atoms with van der Waals surface area (Å²) in [6, 6.07) is 8.59. The molecule has 2 aromatic rings. The van der Waals surface area contributed by atoms with Gasteiger partial charge in [-0.15, -0.1) is 0 Å². The van der Waals surface area contributed by atoms with Crippen molar-refractivity contribution >= 4 is 15.9 Å². The molecule has 1 aromatic heterocycles. The van der Waals surface area contributed by atoms with Crippen molar-refractivity contribution in [3.8, 4) is 0 Å². The van der Waals surface area contributed by atoms with Gasteiger partial charge in [-0.25, -0.2) is 12.8 Å². The Bertz CT molecular complexity index is 998. The summed E-state index contributed by atoms with van der Waals surface area (Å²) in [5.74, 6) is 2.02. The van der Waals surface area contributed by atoms with Crippen molar-refractivity contribution < 1.29 is 22.0 Å². The minimum absolute atomic E-state index is 0.0404. The predicted octanol–water partition coefficient (Wildman–Crippen LogP) is 3.35. The summed E-state index contributed by atoms with van der Waals surface area (Å²) in [7, 11) is -2.51. The molecule has 0 spiro atoms. The van der Waals surface area contributed by atoms with Crippen LogP contribution >= 0.6 is 0 Å². The number of carbonyl (C=O) groups is 1. The number of carbonyl (C=O) groups excluding carboxylic acids is 1. The minimum Gasteiger partial charge on any atom is -0.464 e. The molecule has 1 amide bonds. The van der Waals surface area contributed by atoms with E-state index in [9.17, 15) is 17.6 Å². The highest BCUT2D eigenvalue weighted by Gasteiger charge is 2.38. The Morgan fingerprint density at radius 2 is 1.83 bits per heavy atom. The monoisotopic (exact) mass is 420 g/mol. The first kappa shape index (κ1) is 20.1. The van der Waals surface area contributed by atoms with Gasteiger partial charge in [0, 0.05) is 19.0 Å². The lowest BCUT2D eigenvalue weighted by Crippen LogP contribution is -2.41. The second kappa shape index (κ2) is 7.57. The third-order valence-electron chi connectivity index (χ3n) is 5.67. The number of sulfonamides is 1.